The van der Waals surface area contributed by atoms with E-state index < -0.39 is 11.6 Å². The number of fused-ring (bicyclic) bond motifs is 1. The van der Waals surface area contributed by atoms with E-state index in [2.05, 4.69) is 0 Å². The van der Waals surface area contributed by atoms with Crippen LogP contribution in [0.25, 0.3) is 10.9 Å². The van der Waals surface area contributed by atoms with E-state index in [1.165, 1.54) is 9.13 Å². The Labute approximate surface area is 183 Å². The van der Waals surface area contributed by atoms with Gasteiger partial charge in [-0.25, -0.2) is 4.79 Å². The standard InChI is InChI=1S/C24H20ClN3O3/c25-18-10-11-20-21(14-18)28(15-17-8-4-5-9-19(17)22(26)29)24(31)27(23(20)30)13-12-16-6-2-1-3-7-16/h1-11,14H,12-13,15H2,(H2,26,29). The molecular formula is C24H20ClN3O3. The number of nitrogens with two attached hydrogens (primary N) is 1. The maximum atomic E-state index is 13.4. The molecule has 7 heteroatoms. The molecule has 0 aliphatic rings. The van der Waals surface area contributed by atoms with Crippen molar-refractivity contribution in [3.63, 3.8) is 0 Å². The van der Waals surface area contributed by atoms with Crippen molar-refractivity contribution in [2.45, 2.75) is 19.5 Å². The number of rotatable bonds is 6. The Kier molecular flexibility index (Phi) is 5.73. The third-order valence-corrected chi connectivity index (χ3v) is 5.50. The van der Waals surface area contributed by atoms with Crippen molar-refractivity contribution < 1.29 is 4.79 Å². The molecular weight excluding hydrogens is 414 g/mol. The molecule has 0 spiro atoms. The van der Waals surface area contributed by atoms with E-state index in [9.17, 15) is 14.4 Å². The van der Waals surface area contributed by atoms with Crippen LogP contribution in [-0.4, -0.2) is 15.0 Å². The minimum Gasteiger partial charge on any atom is -0.366 e. The molecule has 1 aromatic heterocycles. The second-order valence-corrected chi connectivity index (χ2v) is 7.68. The molecule has 1 amide bonds. The van der Waals surface area contributed by atoms with E-state index >= 15 is 0 Å². The van der Waals surface area contributed by atoms with Crippen molar-refractivity contribution in [3.8, 4) is 0 Å². The first-order valence-electron chi connectivity index (χ1n) is 9.80. The van der Waals surface area contributed by atoms with Crippen LogP contribution < -0.4 is 17.0 Å². The smallest absolute Gasteiger partial charge is 0.331 e. The normalized spacial score (nSPS) is 11.0. The van der Waals surface area contributed by atoms with Crippen LogP contribution in [0.3, 0.4) is 0 Å². The number of amides is 1. The van der Waals surface area contributed by atoms with Gasteiger partial charge in [0.1, 0.15) is 0 Å². The Morgan fingerprint density at radius 3 is 2.35 bits per heavy atom. The summed E-state index contributed by atoms with van der Waals surface area (Å²) in [5.74, 6) is -0.580. The third kappa shape index (κ3) is 4.15. The molecule has 4 rings (SSSR count). The molecule has 0 fully saturated rings. The predicted molar refractivity (Wildman–Crippen MR) is 122 cm³/mol. The number of aryl methyl sites for hydroxylation is 1. The Hall–Kier alpha value is -3.64. The molecule has 0 aliphatic heterocycles. The van der Waals surface area contributed by atoms with Crippen molar-refractivity contribution in [3.05, 3.63) is 115 Å². The van der Waals surface area contributed by atoms with Crippen molar-refractivity contribution in [1.29, 1.82) is 0 Å². The van der Waals surface area contributed by atoms with Gasteiger partial charge in [0.2, 0.25) is 5.91 Å². The lowest BCUT2D eigenvalue weighted by Crippen LogP contribution is -2.41. The van der Waals surface area contributed by atoms with Gasteiger partial charge in [0.15, 0.2) is 0 Å². The fraction of sp³-hybridized carbons (Fsp3) is 0.125. The minimum absolute atomic E-state index is 0.0837. The average Bonchev–Trinajstić information content (AvgIpc) is 2.77. The van der Waals surface area contributed by atoms with Crippen molar-refractivity contribution in [2.24, 2.45) is 5.73 Å². The molecule has 0 aliphatic carbocycles. The van der Waals surface area contributed by atoms with Gasteiger partial charge in [-0.05, 0) is 41.8 Å². The summed E-state index contributed by atoms with van der Waals surface area (Å²) in [5, 5.41) is 0.791. The van der Waals surface area contributed by atoms with Crippen molar-refractivity contribution in [2.75, 3.05) is 0 Å². The van der Waals surface area contributed by atoms with Gasteiger partial charge in [-0.3, -0.25) is 18.7 Å². The number of halogens is 1. The van der Waals surface area contributed by atoms with Crippen LogP contribution >= 0.6 is 11.6 Å². The van der Waals surface area contributed by atoms with Crippen LogP contribution in [0, 0.1) is 0 Å². The predicted octanol–water partition coefficient (Wildman–Crippen LogP) is 3.21. The van der Waals surface area contributed by atoms with E-state index in [4.69, 9.17) is 17.3 Å². The maximum Gasteiger partial charge on any atom is 0.331 e. The number of aromatic nitrogens is 2. The molecule has 156 valence electrons. The van der Waals surface area contributed by atoms with E-state index in [-0.39, 0.29) is 18.6 Å². The van der Waals surface area contributed by atoms with Crippen LogP contribution in [0.4, 0.5) is 0 Å². The lowest BCUT2D eigenvalue weighted by molar-refractivity contribution is 0.0999. The first-order valence-corrected chi connectivity index (χ1v) is 10.2. The summed E-state index contributed by atoms with van der Waals surface area (Å²) in [7, 11) is 0. The number of nitrogens with zero attached hydrogens (tertiary/aromatic N) is 2. The second-order valence-electron chi connectivity index (χ2n) is 7.24. The van der Waals surface area contributed by atoms with E-state index in [1.807, 2.05) is 30.3 Å². The zero-order chi connectivity index (χ0) is 22.0. The zero-order valence-corrected chi connectivity index (χ0v) is 17.4. The Balaban J connectivity index is 1.87. The lowest BCUT2D eigenvalue weighted by atomic mass is 10.1. The van der Waals surface area contributed by atoms with Gasteiger partial charge in [-0.2, -0.15) is 0 Å². The van der Waals surface area contributed by atoms with Gasteiger partial charge in [-0.1, -0.05) is 60.1 Å². The highest BCUT2D eigenvalue weighted by molar-refractivity contribution is 6.31. The monoisotopic (exact) mass is 433 g/mol. The lowest BCUT2D eigenvalue weighted by Gasteiger charge is -2.16. The SMILES string of the molecule is NC(=O)c1ccccc1Cn1c(=O)n(CCc2ccccc2)c(=O)c2ccc(Cl)cc21. The van der Waals surface area contributed by atoms with Gasteiger partial charge >= 0.3 is 5.69 Å². The second kappa shape index (κ2) is 8.62. The Morgan fingerprint density at radius 2 is 1.61 bits per heavy atom. The average molecular weight is 434 g/mol. The summed E-state index contributed by atoms with van der Waals surface area (Å²) in [6.07, 6.45) is 0.535. The fourth-order valence-electron chi connectivity index (χ4n) is 3.69. The molecule has 3 aromatic carbocycles. The van der Waals surface area contributed by atoms with Crippen LogP contribution in [0.5, 0.6) is 0 Å². The van der Waals surface area contributed by atoms with Gasteiger partial charge in [0.05, 0.1) is 17.4 Å². The largest absolute Gasteiger partial charge is 0.366 e. The Morgan fingerprint density at radius 1 is 0.903 bits per heavy atom. The quantitative estimate of drug-likeness (QED) is 0.506. The van der Waals surface area contributed by atoms with Crippen molar-refractivity contribution >= 4 is 28.4 Å². The zero-order valence-electron chi connectivity index (χ0n) is 16.6. The van der Waals surface area contributed by atoms with Gasteiger partial charge < -0.3 is 5.73 Å². The molecule has 0 radical (unpaired) electrons. The van der Waals surface area contributed by atoms with E-state index in [0.717, 1.165) is 5.56 Å². The van der Waals surface area contributed by atoms with Crippen LogP contribution in [0.15, 0.2) is 82.4 Å². The maximum absolute atomic E-state index is 13.4. The molecule has 1 heterocycles. The van der Waals surface area contributed by atoms with Gasteiger partial charge in [-0.15, -0.1) is 0 Å². The first kappa shape index (κ1) is 20.6. The third-order valence-electron chi connectivity index (χ3n) is 5.27. The number of benzene rings is 3. The summed E-state index contributed by atoms with van der Waals surface area (Å²) in [6, 6.07) is 21.3. The fourth-order valence-corrected chi connectivity index (χ4v) is 3.86. The first-order chi connectivity index (χ1) is 15.0. The molecule has 0 atom stereocenters. The highest BCUT2D eigenvalue weighted by atomic mass is 35.5. The summed E-state index contributed by atoms with van der Waals surface area (Å²) in [5.41, 5.74) is 7.03. The molecule has 6 nitrogen and oxygen atoms in total. The highest BCUT2D eigenvalue weighted by Gasteiger charge is 2.16. The number of primary amides is 1. The number of hydrogen-bond donors (Lipinski definition) is 1. The molecule has 0 bridgehead atoms. The van der Waals surface area contributed by atoms with E-state index in [1.54, 1.807) is 42.5 Å². The number of hydrogen-bond acceptors (Lipinski definition) is 3. The summed E-state index contributed by atoms with van der Waals surface area (Å²) < 4.78 is 2.70. The molecule has 31 heavy (non-hydrogen) atoms. The van der Waals surface area contributed by atoms with Gasteiger partial charge in [0, 0.05) is 17.1 Å². The molecule has 2 N–H and O–H groups in total. The highest BCUT2D eigenvalue weighted by Crippen LogP contribution is 2.18. The summed E-state index contributed by atoms with van der Waals surface area (Å²) in [4.78, 5) is 38.3. The molecule has 0 unspecified atom stereocenters. The van der Waals surface area contributed by atoms with Crippen LogP contribution in [-0.2, 0) is 19.5 Å². The van der Waals surface area contributed by atoms with E-state index in [0.29, 0.717) is 33.5 Å². The minimum atomic E-state index is -0.580. The van der Waals surface area contributed by atoms with Crippen molar-refractivity contribution in [1.82, 2.24) is 9.13 Å². The topological polar surface area (TPSA) is 87.1 Å². The summed E-state index contributed by atoms with van der Waals surface area (Å²) in [6.45, 7) is 0.318. The number of carbonyl (C=O) groups excluding carboxylic acids is 1. The molecule has 4 aromatic rings. The molecule has 0 saturated carbocycles. The van der Waals surface area contributed by atoms with Gasteiger partial charge in [0.25, 0.3) is 5.56 Å². The Bertz CT molecular complexity index is 1390. The van der Waals surface area contributed by atoms with Crippen LogP contribution in [0.2, 0.25) is 5.02 Å². The van der Waals surface area contributed by atoms with Crippen LogP contribution in [0.1, 0.15) is 21.5 Å². The summed E-state index contributed by atoms with van der Waals surface area (Å²) >= 11 is 6.16. The molecule has 0 saturated heterocycles. The number of carbonyl (C=O) groups is 1.